The molecule has 0 spiro atoms. The standard InChI is InChI=1S/C26H24N2O2/c1-17-4-3-5-21(14-17)25-24(18-10-12-30-13-11-18)27-26(28-25)22-7-6-20-16-23(29-2)9-8-19(20)15-22/h3-10,14-16H,11-13H2,1-2H3,(H,27,28). The molecule has 0 saturated heterocycles. The number of aromatic nitrogens is 2. The van der Waals surface area contributed by atoms with Crippen LogP contribution in [0.5, 0.6) is 5.75 Å². The molecule has 4 nitrogen and oxygen atoms in total. The number of nitrogens with zero attached hydrogens (tertiary/aromatic N) is 1. The van der Waals surface area contributed by atoms with Crippen molar-refractivity contribution in [2.75, 3.05) is 20.3 Å². The number of benzene rings is 3. The van der Waals surface area contributed by atoms with Crippen molar-refractivity contribution >= 4 is 16.3 Å². The number of imidazole rings is 1. The predicted molar refractivity (Wildman–Crippen MR) is 122 cm³/mol. The van der Waals surface area contributed by atoms with E-state index in [-0.39, 0.29) is 0 Å². The van der Waals surface area contributed by atoms with E-state index >= 15 is 0 Å². The second-order valence-corrected chi connectivity index (χ2v) is 7.66. The predicted octanol–water partition coefficient (Wildman–Crippen LogP) is 6.02. The average Bonchev–Trinajstić information content (AvgIpc) is 3.24. The molecule has 2 heterocycles. The van der Waals surface area contributed by atoms with Gasteiger partial charge in [0.15, 0.2) is 0 Å². The van der Waals surface area contributed by atoms with Crippen molar-refractivity contribution < 1.29 is 9.47 Å². The number of H-pyrrole nitrogens is 1. The van der Waals surface area contributed by atoms with Gasteiger partial charge in [0.25, 0.3) is 0 Å². The molecule has 0 atom stereocenters. The first kappa shape index (κ1) is 18.6. The van der Waals surface area contributed by atoms with Gasteiger partial charge in [-0.15, -0.1) is 0 Å². The zero-order valence-corrected chi connectivity index (χ0v) is 17.2. The third-order valence-corrected chi connectivity index (χ3v) is 5.60. The van der Waals surface area contributed by atoms with Gasteiger partial charge in [0.2, 0.25) is 0 Å². The molecule has 0 bridgehead atoms. The molecule has 0 unspecified atom stereocenters. The Kier molecular flexibility index (Phi) is 4.85. The van der Waals surface area contributed by atoms with Crippen LogP contribution in [0.15, 0.2) is 66.7 Å². The summed E-state index contributed by atoms with van der Waals surface area (Å²) >= 11 is 0. The van der Waals surface area contributed by atoms with Gasteiger partial charge in [-0.05, 0) is 54.0 Å². The van der Waals surface area contributed by atoms with Crippen molar-refractivity contribution in [2.45, 2.75) is 13.3 Å². The topological polar surface area (TPSA) is 47.1 Å². The fraction of sp³-hybridized carbons (Fsp3) is 0.192. The van der Waals surface area contributed by atoms with E-state index in [2.05, 4.69) is 72.6 Å². The van der Waals surface area contributed by atoms with Crippen LogP contribution in [0.2, 0.25) is 0 Å². The zero-order valence-electron chi connectivity index (χ0n) is 17.2. The molecule has 1 N–H and O–H groups in total. The normalized spacial score (nSPS) is 14.0. The van der Waals surface area contributed by atoms with Crippen LogP contribution >= 0.6 is 0 Å². The van der Waals surface area contributed by atoms with Gasteiger partial charge in [0, 0.05) is 11.1 Å². The van der Waals surface area contributed by atoms with Crippen LogP contribution in [0.4, 0.5) is 0 Å². The van der Waals surface area contributed by atoms with Crippen LogP contribution < -0.4 is 4.74 Å². The summed E-state index contributed by atoms with van der Waals surface area (Å²) in [7, 11) is 1.69. The molecule has 4 aromatic rings. The van der Waals surface area contributed by atoms with Gasteiger partial charge in [0.1, 0.15) is 11.6 Å². The second-order valence-electron chi connectivity index (χ2n) is 7.66. The van der Waals surface area contributed by atoms with E-state index in [1.807, 2.05) is 6.07 Å². The molecule has 30 heavy (non-hydrogen) atoms. The summed E-state index contributed by atoms with van der Waals surface area (Å²) in [5, 5.41) is 2.31. The van der Waals surface area contributed by atoms with Crippen LogP contribution in [0, 0.1) is 6.92 Å². The highest BCUT2D eigenvalue weighted by atomic mass is 16.5. The Labute approximate surface area is 176 Å². The van der Waals surface area contributed by atoms with Gasteiger partial charge in [0.05, 0.1) is 31.7 Å². The Hall–Kier alpha value is -3.37. The van der Waals surface area contributed by atoms with E-state index in [4.69, 9.17) is 14.5 Å². The highest BCUT2D eigenvalue weighted by Crippen LogP contribution is 2.34. The maximum absolute atomic E-state index is 5.52. The third-order valence-electron chi connectivity index (χ3n) is 5.60. The molecule has 1 aromatic heterocycles. The van der Waals surface area contributed by atoms with Gasteiger partial charge >= 0.3 is 0 Å². The first-order chi connectivity index (χ1) is 14.7. The molecule has 0 aliphatic carbocycles. The summed E-state index contributed by atoms with van der Waals surface area (Å²) in [5.74, 6) is 1.75. The minimum atomic E-state index is 0.648. The lowest BCUT2D eigenvalue weighted by atomic mass is 10.0. The Morgan fingerprint density at radius 1 is 0.967 bits per heavy atom. The number of hydrogen-bond acceptors (Lipinski definition) is 3. The van der Waals surface area contributed by atoms with E-state index in [0.29, 0.717) is 6.61 Å². The second kappa shape index (κ2) is 7.81. The number of ether oxygens (including phenoxy) is 2. The summed E-state index contributed by atoms with van der Waals surface area (Å²) in [6, 6.07) is 21.1. The van der Waals surface area contributed by atoms with Crippen molar-refractivity contribution in [3.05, 3.63) is 78.0 Å². The highest BCUT2D eigenvalue weighted by Gasteiger charge is 2.18. The van der Waals surface area contributed by atoms with Crippen LogP contribution in [-0.2, 0) is 4.74 Å². The lowest BCUT2D eigenvalue weighted by Gasteiger charge is -2.13. The fourth-order valence-corrected chi connectivity index (χ4v) is 4.00. The largest absolute Gasteiger partial charge is 0.497 e. The molecule has 1 aliphatic heterocycles. The Morgan fingerprint density at radius 2 is 1.83 bits per heavy atom. The van der Waals surface area contributed by atoms with Crippen LogP contribution in [0.3, 0.4) is 0 Å². The van der Waals surface area contributed by atoms with E-state index in [0.717, 1.165) is 57.9 Å². The number of methoxy groups -OCH3 is 1. The van der Waals surface area contributed by atoms with Crippen LogP contribution in [0.1, 0.15) is 17.7 Å². The molecular weight excluding hydrogens is 372 g/mol. The number of aryl methyl sites for hydroxylation is 1. The number of fused-ring (bicyclic) bond motifs is 1. The van der Waals surface area contributed by atoms with Gasteiger partial charge in [-0.2, -0.15) is 0 Å². The molecule has 4 heteroatoms. The van der Waals surface area contributed by atoms with E-state index < -0.39 is 0 Å². The summed E-state index contributed by atoms with van der Waals surface area (Å²) in [6.07, 6.45) is 3.05. The van der Waals surface area contributed by atoms with Gasteiger partial charge in [-0.1, -0.05) is 48.0 Å². The summed E-state index contributed by atoms with van der Waals surface area (Å²) < 4.78 is 10.9. The quantitative estimate of drug-likeness (QED) is 0.459. The number of aromatic amines is 1. The molecular formula is C26H24N2O2. The smallest absolute Gasteiger partial charge is 0.138 e. The minimum absolute atomic E-state index is 0.648. The molecule has 0 amide bonds. The zero-order chi connectivity index (χ0) is 20.5. The third kappa shape index (κ3) is 3.51. The SMILES string of the molecule is COc1ccc2cc(-c3nc(-c4cccc(C)c4)c(C4=CCOCC4)[nH]3)ccc2c1. The number of rotatable bonds is 4. The lowest BCUT2D eigenvalue weighted by Crippen LogP contribution is -2.04. The molecule has 0 radical (unpaired) electrons. The highest BCUT2D eigenvalue weighted by molar-refractivity contribution is 5.88. The first-order valence-corrected chi connectivity index (χ1v) is 10.2. The van der Waals surface area contributed by atoms with E-state index in [1.54, 1.807) is 7.11 Å². The maximum atomic E-state index is 5.52. The summed E-state index contributed by atoms with van der Waals surface area (Å²) in [6.45, 7) is 3.50. The maximum Gasteiger partial charge on any atom is 0.138 e. The van der Waals surface area contributed by atoms with Crippen molar-refractivity contribution in [1.82, 2.24) is 9.97 Å². The van der Waals surface area contributed by atoms with Crippen LogP contribution in [-0.4, -0.2) is 30.3 Å². The molecule has 5 rings (SSSR count). The molecule has 1 aliphatic rings. The van der Waals surface area contributed by atoms with Gasteiger partial charge < -0.3 is 14.5 Å². The monoisotopic (exact) mass is 396 g/mol. The molecule has 3 aromatic carbocycles. The Bertz CT molecular complexity index is 1250. The first-order valence-electron chi connectivity index (χ1n) is 10.2. The summed E-state index contributed by atoms with van der Waals surface area (Å²) in [4.78, 5) is 8.66. The van der Waals surface area contributed by atoms with Gasteiger partial charge in [-0.25, -0.2) is 4.98 Å². The fourth-order valence-electron chi connectivity index (χ4n) is 4.00. The Balaban J connectivity index is 1.64. The lowest BCUT2D eigenvalue weighted by molar-refractivity contribution is 0.161. The van der Waals surface area contributed by atoms with Crippen molar-refractivity contribution in [1.29, 1.82) is 0 Å². The minimum Gasteiger partial charge on any atom is -0.497 e. The Morgan fingerprint density at radius 3 is 2.63 bits per heavy atom. The van der Waals surface area contributed by atoms with Crippen molar-refractivity contribution in [2.24, 2.45) is 0 Å². The average molecular weight is 396 g/mol. The molecule has 150 valence electrons. The van der Waals surface area contributed by atoms with Crippen molar-refractivity contribution in [3.63, 3.8) is 0 Å². The number of nitrogens with one attached hydrogen (secondary N) is 1. The van der Waals surface area contributed by atoms with E-state index in [9.17, 15) is 0 Å². The van der Waals surface area contributed by atoms with E-state index in [1.165, 1.54) is 11.1 Å². The molecule has 0 saturated carbocycles. The van der Waals surface area contributed by atoms with Crippen LogP contribution in [0.25, 0.3) is 39.0 Å². The van der Waals surface area contributed by atoms with Crippen molar-refractivity contribution in [3.8, 4) is 28.4 Å². The number of hydrogen-bond donors (Lipinski definition) is 1. The molecule has 0 fully saturated rings. The van der Waals surface area contributed by atoms with Gasteiger partial charge in [-0.3, -0.25) is 0 Å². The summed E-state index contributed by atoms with van der Waals surface area (Å²) in [5.41, 5.74) is 6.78.